The van der Waals surface area contributed by atoms with E-state index in [0.717, 1.165) is 0 Å². The van der Waals surface area contributed by atoms with Crippen molar-refractivity contribution in [3.63, 3.8) is 0 Å². The number of hydrogen-bond donors (Lipinski definition) is 0. The molecular weight excluding hydrogens is 319 g/mol. The third-order valence-electron chi connectivity index (χ3n) is 4.77. The second-order valence-corrected chi connectivity index (χ2v) is 19.0. The summed E-state index contributed by atoms with van der Waals surface area (Å²) in [5.74, 6) is -1.75. The Morgan fingerprint density at radius 1 is 0.478 bits per heavy atom. The summed E-state index contributed by atoms with van der Waals surface area (Å²) in [5, 5.41) is 0. The van der Waals surface area contributed by atoms with Gasteiger partial charge in [-0.25, -0.2) is 0 Å². The van der Waals surface area contributed by atoms with Crippen molar-refractivity contribution in [1.29, 1.82) is 0 Å². The molecular formula is C21H46ClP. The van der Waals surface area contributed by atoms with Gasteiger partial charge in [0.25, 0.3) is 0 Å². The first-order valence-electron chi connectivity index (χ1n) is 10.5. The van der Waals surface area contributed by atoms with Crippen LogP contribution in [-0.4, -0.2) is 26.2 Å². The molecule has 0 aromatic carbocycles. The third-order valence-corrected chi connectivity index (χ3v) is 7.10. The zero-order chi connectivity index (χ0) is 17.5. The van der Waals surface area contributed by atoms with Crippen LogP contribution in [0.15, 0.2) is 0 Å². The molecule has 2 heteroatoms. The van der Waals surface area contributed by atoms with E-state index in [9.17, 15) is 0 Å². The van der Waals surface area contributed by atoms with Crippen LogP contribution < -0.4 is 0 Å². The molecule has 0 heterocycles. The zero-order valence-corrected chi connectivity index (χ0v) is 18.5. The van der Waals surface area contributed by atoms with Gasteiger partial charge in [0.15, 0.2) is 0 Å². The predicted molar refractivity (Wildman–Crippen MR) is 115 cm³/mol. The first-order valence-corrected chi connectivity index (χ1v) is 15.2. The molecule has 0 unspecified atom stereocenters. The van der Waals surface area contributed by atoms with E-state index in [1.165, 1.54) is 109 Å². The van der Waals surface area contributed by atoms with Gasteiger partial charge in [0, 0.05) is 0 Å². The van der Waals surface area contributed by atoms with Gasteiger partial charge in [-0.1, -0.05) is 39.0 Å². The third kappa shape index (κ3) is 22.7. The van der Waals surface area contributed by atoms with Crippen LogP contribution in [0.25, 0.3) is 0 Å². The molecule has 0 aromatic rings. The molecule has 0 saturated carbocycles. The molecule has 0 N–H and O–H groups in total. The molecule has 0 amide bonds. The van der Waals surface area contributed by atoms with E-state index in [0.29, 0.717) is 0 Å². The number of unbranched alkanes of at least 4 members (excludes halogenated alkanes) is 15. The molecule has 23 heavy (non-hydrogen) atoms. The van der Waals surface area contributed by atoms with Crippen molar-refractivity contribution in [1.82, 2.24) is 0 Å². The Hall–Kier alpha value is 0.720. The van der Waals surface area contributed by atoms with Crippen LogP contribution in [-0.2, 0) is 0 Å². The quantitative estimate of drug-likeness (QED) is 0.178. The van der Waals surface area contributed by atoms with E-state index in [2.05, 4.69) is 26.9 Å². The summed E-state index contributed by atoms with van der Waals surface area (Å²) in [6.45, 7) is 9.12. The van der Waals surface area contributed by atoms with E-state index in [4.69, 9.17) is 11.2 Å². The van der Waals surface area contributed by atoms with Gasteiger partial charge in [0.1, 0.15) is 0 Å². The molecule has 0 rings (SSSR count). The summed E-state index contributed by atoms with van der Waals surface area (Å²) in [6, 6.07) is 0. The Bertz CT molecular complexity index is 245. The van der Waals surface area contributed by atoms with Crippen molar-refractivity contribution < 1.29 is 0 Å². The number of hydrogen-bond acceptors (Lipinski definition) is 0. The molecule has 0 radical (unpaired) electrons. The van der Waals surface area contributed by atoms with Crippen molar-refractivity contribution in [2.75, 3.05) is 26.2 Å². The Morgan fingerprint density at radius 2 is 0.739 bits per heavy atom. The second-order valence-electron chi connectivity index (χ2n) is 8.94. The summed E-state index contributed by atoms with van der Waals surface area (Å²) in [6.07, 6.45) is 24.3. The topological polar surface area (TPSA) is 0 Å². The molecule has 0 aliphatic carbocycles. The van der Waals surface area contributed by atoms with Crippen molar-refractivity contribution in [3.05, 3.63) is 0 Å². The summed E-state index contributed by atoms with van der Waals surface area (Å²) < 4.78 is 0. The van der Waals surface area contributed by atoms with E-state index >= 15 is 0 Å². The molecule has 0 nitrogen and oxygen atoms in total. The number of halogens is 1. The van der Waals surface area contributed by atoms with E-state index in [1.807, 2.05) is 0 Å². The van der Waals surface area contributed by atoms with Gasteiger partial charge in [0.05, 0.1) is 0 Å². The van der Waals surface area contributed by atoms with Crippen molar-refractivity contribution in [2.45, 2.75) is 110 Å². The summed E-state index contributed by atoms with van der Waals surface area (Å²) in [5.41, 5.74) is 0. The predicted octanol–water partition coefficient (Wildman–Crippen LogP) is 8.84. The fourth-order valence-corrected chi connectivity index (χ4v) is 4.84. The Labute approximate surface area is 153 Å². The van der Waals surface area contributed by atoms with Crippen LogP contribution in [0.4, 0.5) is 0 Å². The second kappa shape index (κ2) is 13.9. The SMILES string of the molecule is CCCCCCCCCCCCCCCCCCP(C)(C)(C)Cl. The minimum atomic E-state index is -1.75. The molecule has 0 bridgehead atoms. The molecule has 142 valence electrons. The molecule has 0 fully saturated rings. The summed E-state index contributed by atoms with van der Waals surface area (Å²) >= 11 is 6.58. The average molecular weight is 365 g/mol. The van der Waals surface area contributed by atoms with Gasteiger partial charge in [-0.3, -0.25) is 0 Å². The zero-order valence-electron chi connectivity index (χ0n) is 16.8. The van der Waals surface area contributed by atoms with Gasteiger partial charge < -0.3 is 0 Å². The fourth-order valence-electron chi connectivity index (χ4n) is 3.19. The molecule has 0 saturated heterocycles. The van der Waals surface area contributed by atoms with E-state index < -0.39 is 5.96 Å². The van der Waals surface area contributed by atoms with Gasteiger partial charge in [-0.05, 0) is 0 Å². The maximum atomic E-state index is 6.58. The van der Waals surface area contributed by atoms with E-state index in [-0.39, 0.29) is 0 Å². The maximum absolute atomic E-state index is 6.58. The monoisotopic (exact) mass is 364 g/mol. The molecule has 0 aromatic heterocycles. The Morgan fingerprint density at radius 3 is 1.00 bits per heavy atom. The first-order chi connectivity index (χ1) is 10.8. The normalized spacial score (nSPS) is 13.9. The molecule has 0 atom stereocenters. The molecule has 0 aliphatic heterocycles. The standard InChI is InChI=1S/C21H46ClP/c1-5-6-7-8-9-10-11-12-13-14-15-16-17-18-19-20-21-23(2,3,4)22/h5-21H2,1-4H3. The van der Waals surface area contributed by atoms with Gasteiger partial charge >= 0.3 is 114 Å². The van der Waals surface area contributed by atoms with Crippen molar-refractivity contribution in [2.24, 2.45) is 0 Å². The first kappa shape index (κ1) is 23.7. The number of rotatable bonds is 17. The minimum absolute atomic E-state index is 1.26. The molecule has 0 spiro atoms. The van der Waals surface area contributed by atoms with Gasteiger partial charge in [0.2, 0.25) is 0 Å². The van der Waals surface area contributed by atoms with Gasteiger partial charge in [-0.15, -0.1) is 0 Å². The van der Waals surface area contributed by atoms with Crippen LogP contribution in [0.3, 0.4) is 0 Å². The Kier molecular flexibility index (Phi) is 14.4. The van der Waals surface area contributed by atoms with Gasteiger partial charge in [-0.2, -0.15) is 0 Å². The van der Waals surface area contributed by atoms with Crippen LogP contribution in [0, 0.1) is 0 Å². The summed E-state index contributed by atoms with van der Waals surface area (Å²) in [7, 11) is 0. The fraction of sp³-hybridized carbons (Fsp3) is 1.00. The Balaban J connectivity index is 3.08. The van der Waals surface area contributed by atoms with Crippen molar-refractivity contribution in [3.8, 4) is 0 Å². The summed E-state index contributed by atoms with van der Waals surface area (Å²) in [4.78, 5) is 0. The van der Waals surface area contributed by atoms with Crippen LogP contribution >= 0.6 is 17.2 Å². The van der Waals surface area contributed by atoms with E-state index in [1.54, 1.807) is 0 Å². The van der Waals surface area contributed by atoms with Crippen LogP contribution in [0.2, 0.25) is 0 Å². The average Bonchev–Trinajstić information content (AvgIpc) is 2.45. The van der Waals surface area contributed by atoms with Crippen LogP contribution in [0.5, 0.6) is 0 Å². The van der Waals surface area contributed by atoms with Crippen molar-refractivity contribution >= 4 is 17.2 Å². The molecule has 0 aliphatic rings. The van der Waals surface area contributed by atoms with Crippen LogP contribution in [0.1, 0.15) is 110 Å².